The summed E-state index contributed by atoms with van der Waals surface area (Å²) in [6.07, 6.45) is 7.48. The van der Waals surface area contributed by atoms with Gasteiger partial charge in [0.2, 0.25) is 0 Å². The maximum absolute atomic E-state index is 9.19. The van der Waals surface area contributed by atoms with Crippen LogP contribution in [-0.2, 0) is 6.54 Å². The van der Waals surface area contributed by atoms with E-state index in [1.165, 1.54) is 49.2 Å². The fraction of sp³-hybridized carbons (Fsp3) is 0.800. The third-order valence-corrected chi connectivity index (χ3v) is 5.66. The summed E-state index contributed by atoms with van der Waals surface area (Å²) in [6, 6.07) is 0.675. The van der Waals surface area contributed by atoms with Crippen molar-refractivity contribution in [3.05, 3.63) is 16.1 Å². The molecule has 19 heavy (non-hydrogen) atoms. The van der Waals surface area contributed by atoms with Crippen LogP contribution in [0.15, 0.2) is 5.38 Å². The minimum atomic E-state index is 0.368. The first-order valence-electron chi connectivity index (χ1n) is 7.51. The summed E-state index contributed by atoms with van der Waals surface area (Å²) in [4.78, 5) is 7.23. The van der Waals surface area contributed by atoms with E-state index in [9.17, 15) is 5.11 Å². The number of hydrogen-bond donors (Lipinski definition) is 1. The Morgan fingerprint density at radius 1 is 1.26 bits per heavy atom. The van der Waals surface area contributed by atoms with Gasteiger partial charge in [-0.1, -0.05) is 0 Å². The van der Waals surface area contributed by atoms with Gasteiger partial charge in [0.25, 0.3) is 0 Å². The van der Waals surface area contributed by atoms with Gasteiger partial charge in [-0.15, -0.1) is 11.3 Å². The van der Waals surface area contributed by atoms with Crippen LogP contribution >= 0.6 is 11.3 Å². The highest BCUT2D eigenvalue weighted by atomic mass is 32.1. The molecule has 1 aromatic heterocycles. The molecule has 0 aromatic carbocycles. The van der Waals surface area contributed by atoms with Gasteiger partial charge in [-0.05, 0) is 51.5 Å². The summed E-state index contributed by atoms with van der Waals surface area (Å²) >= 11 is 1.84. The second-order valence-corrected chi connectivity index (χ2v) is 7.11. The fourth-order valence-corrected chi connectivity index (χ4v) is 4.05. The van der Waals surface area contributed by atoms with Gasteiger partial charge in [0.05, 0.1) is 10.7 Å². The molecule has 2 aliphatic carbocycles. The molecule has 0 radical (unpaired) electrons. The lowest BCUT2D eigenvalue weighted by molar-refractivity contribution is 0.123. The number of aromatic nitrogens is 1. The molecule has 0 aliphatic heterocycles. The zero-order valence-corrected chi connectivity index (χ0v) is 12.5. The van der Waals surface area contributed by atoms with E-state index in [1.807, 2.05) is 11.3 Å². The highest BCUT2D eigenvalue weighted by Gasteiger charge is 2.27. The van der Waals surface area contributed by atoms with E-state index in [0.29, 0.717) is 18.6 Å². The van der Waals surface area contributed by atoms with Crippen molar-refractivity contribution in [1.29, 1.82) is 0 Å². The molecule has 4 heteroatoms. The predicted molar refractivity (Wildman–Crippen MR) is 78.4 cm³/mol. The third kappa shape index (κ3) is 3.36. The van der Waals surface area contributed by atoms with Crippen LogP contribution in [0.4, 0.5) is 0 Å². The molecule has 1 N–H and O–H groups in total. The molecule has 0 amide bonds. The lowest BCUT2D eigenvalue weighted by Gasteiger charge is -2.33. The zero-order chi connectivity index (χ0) is 13.2. The molecule has 3 rings (SSSR count). The van der Waals surface area contributed by atoms with Crippen LogP contribution < -0.4 is 0 Å². The van der Waals surface area contributed by atoms with Gasteiger partial charge in [-0.25, -0.2) is 4.98 Å². The molecule has 106 valence electrons. The Morgan fingerprint density at radius 3 is 2.63 bits per heavy atom. The highest BCUT2D eigenvalue weighted by Crippen LogP contribution is 2.41. The molecule has 0 unspecified atom stereocenters. The van der Waals surface area contributed by atoms with E-state index in [4.69, 9.17) is 4.98 Å². The number of nitrogens with zero attached hydrogens (tertiary/aromatic N) is 2. The zero-order valence-electron chi connectivity index (χ0n) is 11.7. The average molecular weight is 280 g/mol. The molecule has 1 aromatic rings. The first-order valence-corrected chi connectivity index (χ1v) is 8.39. The third-order valence-electron chi connectivity index (χ3n) is 4.61. The second-order valence-electron chi connectivity index (χ2n) is 6.22. The Balaban J connectivity index is 1.51. The summed E-state index contributed by atoms with van der Waals surface area (Å²) in [7, 11) is 2.22. The Labute approximate surface area is 119 Å². The maximum atomic E-state index is 9.19. The van der Waals surface area contributed by atoms with E-state index in [1.54, 1.807) is 0 Å². The number of hydrogen-bond acceptors (Lipinski definition) is 4. The van der Waals surface area contributed by atoms with Crippen LogP contribution in [0, 0.1) is 5.92 Å². The normalized spacial score (nSPS) is 27.9. The van der Waals surface area contributed by atoms with Crippen LogP contribution in [0.3, 0.4) is 0 Å². The van der Waals surface area contributed by atoms with Crippen molar-refractivity contribution in [3.8, 4) is 0 Å². The van der Waals surface area contributed by atoms with Crippen molar-refractivity contribution in [3.63, 3.8) is 0 Å². The summed E-state index contributed by atoms with van der Waals surface area (Å²) in [5.41, 5.74) is 1.25. The molecule has 1 heterocycles. The van der Waals surface area contributed by atoms with E-state index in [0.717, 1.165) is 12.5 Å². The second kappa shape index (κ2) is 5.90. The van der Waals surface area contributed by atoms with Gasteiger partial charge in [-0.3, -0.25) is 4.90 Å². The monoisotopic (exact) mass is 280 g/mol. The maximum Gasteiger partial charge on any atom is 0.0959 e. The van der Waals surface area contributed by atoms with Crippen LogP contribution in [0.2, 0.25) is 0 Å². The van der Waals surface area contributed by atoms with Gasteiger partial charge in [0.1, 0.15) is 0 Å². The molecule has 0 atom stereocenters. The summed E-state index contributed by atoms with van der Waals surface area (Å²) in [5, 5.41) is 12.8. The molecule has 2 saturated carbocycles. The van der Waals surface area contributed by atoms with Crippen molar-refractivity contribution in [2.45, 2.75) is 57.0 Å². The smallest absolute Gasteiger partial charge is 0.0959 e. The molecular formula is C15H24N2OS. The van der Waals surface area contributed by atoms with Crippen LogP contribution in [0.25, 0.3) is 0 Å². The minimum absolute atomic E-state index is 0.368. The van der Waals surface area contributed by atoms with Crippen molar-refractivity contribution < 1.29 is 5.11 Å². The molecular weight excluding hydrogens is 256 g/mol. The fourth-order valence-electron chi connectivity index (χ4n) is 3.07. The van der Waals surface area contributed by atoms with Gasteiger partial charge in [0.15, 0.2) is 0 Å². The Morgan fingerprint density at radius 2 is 2.00 bits per heavy atom. The van der Waals surface area contributed by atoms with E-state index >= 15 is 0 Å². The SMILES string of the molecule is CN(Cc1csc(C2CC2)n1)C1CCC(CO)CC1. The molecule has 2 aliphatic rings. The molecule has 0 saturated heterocycles. The van der Waals surface area contributed by atoms with Gasteiger partial charge >= 0.3 is 0 Å². The van der Waals surface area contributed by atoms with Crippen LogP contribution in [-0.4, -0.2) is 34.7 Å². The number of rotatable bonds is 5. The number of aliphatic hydroxyl groups is 1. The minimum Gasteiger partial charge on any atom is -0.396 e. The van der Waals surface area contributed by atoms with E-state index in [2.05, 4.69) is 17.3 Å². The summed E-state index contributed by atoms with van der Waals surface area (Å²) in [5.74, 6) is 1.33. The first-order chi connectivity index (χ1) is 9.26. The molecule has 0 bridgehead atoms. The molecule has 3 nitrogen and oxygen atoms in total. The standard InChI is InChI=1S/C15H24N2OS/c1-17(14-6-2-11(9-18)3-7-14)8-13-10-19-15(16-13)12-4-5-12/h10-12,14,18H,2-9H2,1H3. The first kappa shape index (κ1) is 13.5. The van der Waals surface area contributed by atoms with E-state index < -0.39 is 0 Å². The Bertz CT molecular complexity index is 408. The van der Waals surface area contributed by atoms with Crippen LogP contribution in [0.5, 0.6) is 0 Å². The Kier molecular flexibility index (Phi) is 4.20. The highest BCUT2D eigenvalue weighted by molar-refractivity contribution is 7.09. The van der Waals surface area contributed by atoms with Gasteiger partial charge in [-0.2, -0.15) is 0 Å². The summed E-state index contributed by atoms with van der Waals surface area (Å²) in [6.45, 7) is 1.35. The van der Waals surface area contributed by atoms with Gasteiger partial charge < -0.3 is 5.11 Å². The lowest BCUT2D eigenvalue weighted by atomic mass is 9.86. The lowest BCUT2D eigenvalue weighted by Crippen LogP contribution is -2.35. The summed E-state index contributed by atoms with van der Waals surface area (Å²) < 4.78 is 0. The molecule has 2 fully saturated rings. The quantitative estimate of drug-likeness (QED) is 0.900. The number of thiazole rings is 1. The van der Waals surface area contributed by atoms with Crippen molar-refractivity contribution in [2.75, 3.05) is 13.7 Å². The van der Waals surface area contributed by atoms with Crippen molar-refractivity contribution in [1.82, 2.24) is 9.88 Å². The average Bonchev–Trinajstić information content (AvgIpc) is 3.20. The van der Waals surface area contributed by atoms with Crippen molar-refractivity contribution >= 4 is 11.3 Å². The largest absolute Gasteiger partial charge is 0.396 e. The Hall–Kier alpha value is -0.450. The van der Waals surface area contributed by atoms with Crippen molar-refractivity contribution in [2.24, 2.45) is 5.92 Å². The van der Waals surface area contributed by atoms with Gasteiger partial charge in [0, 0.05) is 30.5 Å². The predicted octanol–water partition coefficient (Wildman–Crippen LogP) is 3.00. The van der Waals surface area contributed by atoms with E-state index in [-0.39, 0.29) is 0 Å². The topological polar surface area (TPSA) is 36.4 Å². The molecule has 0 spiro atoms. The van der Waals surface area contributed by atoms with Crippen LogP contribution in [0.1, 0.15) is 55.1 Å². The number of aliphatic hydroxyl groups excluding tert-OH is 1.